The van der Waals surface area contributed by atoms with E-state index in [1.807, 2.05) is 53.1 Å². The van der Waals surface area contributed by atoms with Gasteiger partial charge in [0.25, 0.3) is 0 Å². The first kappa shape index (κ1) is 21.9. The van der Waals surface area contributed by atoms with Gasteiger partial charge in [0.1, 0.15) is 5.75 Å². The van der Waals surface area contributed by atoms with Gasteiger partial charge in [0.05, 0.1) is 30.8 Å². The van der Waals surface area contributed by atoms with Gasteiger partial charge in [-0.1, -0.05) is 38.1 Å². The largest absolute Gasteiger partial charge is 0.497 e. The highest BCUT2D eigenvalue weighted by molar-refractivity contribution is 6.08. The summed E-state index contributed by atoms with van der Waals surface area (Å²) in [5, 5.41) is 0. The summed E-state index contributed by atoms with van der Waals surface area (Å²) in [6.07, 6.45) is 0.803. The molecule has 2 atom stereocenters. The molecule has 1 aromatic heterocycles. The number of hydrogen-bond donors (Lipinski definition) is 0. The summed E-state index contributed by atoms with van der Waals surface area (Å²) in [4.78, 5) is 33.3. The van der Waals surface area contributed by atoms with Crippen molar-refractivity contribution in [1.29, 1.82) is 0 Å². The lowest BCUT2D eigenvalue weighted by atomic mass is 9.89. The van der Waals surface area contributed by atoms with Crippen LogP contribution >= 0.6 is 0 Å². The van der Waals surface area contributed by atoms with E-state index in [0.29, 0.717) is 24.2 Å². The van der Waals surface area contributed by atoms with E-state index in [2.05, 4.69) is 13.8 Å². The fraction of sp³-hybridized carbons (Fsp3) is 0.400. The maximum atomic E-state index is 13.7. The molecule has 0 bridgehead atoms. The molecule has 1 aliphatic rings. The third-order valence-corrected chi connectivity index (χ3v) is 5.87. The van der Waals surface area contributed by atoms with E-state index in [4.69, 9.17) is 14.5 Å². The van der Waals surface area contributed by atoms with Gasteiger partial charge < -0.3 is 14.0 Å². The molecule has 2 heterocycles. The maximum Gasteiger partial charge on any atom is 0.321 e. The number of amides is 1. The summed E-state index contributed by atoms with van der Waals surface area (Å²) in [5.74, 6) is -0.110. The molecule has 0 fully saturated rings. The molecule has 7 nitrogen and oxygen atoms in total. The lowest BCUT2D eigenvalue weighted by Gasteiger charge is -2.38. The van der Waals surface area contributed by atoms with Crippen LogP contribution in [0.3, 0.4) is 0 Å². The Morgan fingerprint density at radius 2 is 1.84 bits per heavy atom. The van der Waals surface area contributed by atoms with Gasteiger partial charge in [-0.3, -0.25) is 14.5 Å². The summed E-state index contributed by atoms with van der Waals surface area (Å²) >= 11 is 0. The topological polar surface area (TPSA) is 73.7 Å². The van der Waals surface area contributed by atoms with Gasteiger partial charge in [0.2, 0.25) is 11.9 Å². The van der Waals surface area contributed by atoms with Crippen LogP contribution in [0.1, 0.15) is 38.8 Å². The number of fused-ring (bicyclic) bond motifs is 3. The van der Waals surface area contributed by atoms with Gasteiger partial charge in [-0.05, 0) is 49.1 Å². The fourth-order valence-corrected chi connectivity index (χ4v) is 4.25. The van der Waals surface area contributed by atoms with Gasteiger partial charge >= 0.3 is 5.97 Å². The third kappa shape index (κ3) is 3.83. The zero-order chi connectivity index (χ0) is 22.8. The van der Waals surface area contributed by atoms with E-state index >= 15 is 0 Å². The van der Waals surface area contributed by atoms with Crippen LogP contribution in [0.2, 0.25) is 0 Å². The quantitative estimate of drug-likeness (QED) is 0.411. The Hall–Kier alpha value is -3.35. The molecule has 168 valence electrons. The first-order chi connectivity index (χ1) is 15.5. The maximum absolute atomic E-state index is 13.7. The summed E-state index contributed by atoms with van der Waals surface area (Å²) in [7, 11) is 1.61. The van der Waals surface area contributed by atoms with E-state index < -0.39 is 17.9 Å². The van der Waals surface area contributed by atoms with Crippen molar-refractivity contribution in [2.45, 2.75) is 33.2 Å². The molecule has 0 saturated carbocycles. The van der Waals surface area contributed by atoms with Crippen molar-refractivity contribution < 1.29 is 19.1 Å². The summed E-state index contributed by atoms with van der Waals surface area (Å²) in [5.41, 5.74) is 2.48. The van der Waals surface area contributed by atoms with Crippen LogP contribution in [0.4, 0.5) is 5.95 Å². The molecular formula is C25H29N3O4. The highest BCUT2D eigenvalue weighted by atomic mass is 16.5. The second kappa shape index (κ2) is 9.02. The van der Waals surface area contributed by atoms with Gasteiger partial charge in [-0.15, -0.1) is 0 Å². The lowest BCUT2D eigenvalue weighted by Crippen LogP contribution is -2.50. The second-order valence-corrected chi connectivity index (χ2v) is 8.39. The molecule has 0 unspecified atom stereocenters. The van der Waals surface area contributed by atoms with Crippen molar-refractivity contribution in [3.63, 3.8) is 0 Å². The minimum Gasteiger partial charge on any atom is -0.497 e. The number of benzene rings is 2. The fourth-order valence-electron chi connectivity index (χ4n) is 4.25. The molecule has 0 aliphatic carbocycles. The monoisotopic (exact) mass is 435 g/mol. The first-order valence-electron chi connectivity index (χ1n) is 11.0. The van der Waals surface area contributed by atoms with E-state index in [1.54, 1.807) is 18.9 Å². The molecule has 4 rings (SSSR count). The van der Waals surface area contributed by atoms with Crippen LogP contribution < -0.4 is 9.64 Å². The van der Waals surface area contributed by atoms with Crippen LogP contribution in [0.25, 0.3) is 11.0 Å². The van der Waals surface area contributed by atoms with Crippen LogP contribution in [0, 0.1) is 11.8 Å². The number of rotatable bonds is 7. The predicted octanol–water partition coefficient (Wildman–Crippen LogP) is 4.21. The number of nitrogens with zero attached hydrogens (tertiary/aromatic N) is 3. The van der Waals surface area contributed by atoms with Gasteiger partial charge in [-0.25, -0.2) is 4.98 Å². The molecule has 1 aliphatic heterocycles. The summed E-state index contributed by atoms with van der Waals surface area (Å²) < 4.78 is 12.7. The lowest BCUT2D eigenvalue weighted by molar-refractivity contribution is -0.153. The Balaban J connectivity index is 1.94. The van der Waals surface area contributed by atoms with E-state index in [9.17, 15) is 9.59 Å². The Kier molecular flexibility index (Phi) is 6.17. The molecule has 0 N–H and O–H groups in total. The standard InChI is InChI=1S/C25H29N3O4/c1-5-32-24(30)21-22(17-10-12-18(31-4)13-11-17)28-20-9-7-6-8-19(20)26-25(28)27(23(21)29)15-14-16(2)3/h6-13,16,21-22H,5,14-15H2,1-4H3/t21-,22+/m1/s1. The smallest absolute Gasteiger partial charge is 0.321 e. The number of imidazole rings is 1. The molecular weight excluding hydrogens is 406 g/mol. The molecule has 1 amide bonds. The second-order valence-electron chi connectivity index (χ2n) is 8.39. The molecule has 2 aromatic carbocycles. The minimum absolute atomic E-state index is 0.210. The highest BCUT2D eigenvalue weighted by Crippen LogP contribution is 2.41. The minimum atomic E-state index is -0.999. The SMILES string of the molecule is CCOC(=O)[C@H]1C(=O)N(CCC(C)C)c2nc3ccccc3n2[C@H]1c1ccc(OC)cc1. The van der Waals surface area contributed by atoms with Crippen molar-refractivity contribution in [1.82, 2.24) is 9.55 Å². The first-order valence-corrected chi connectivity index (χ1v) is 11.0. The molecule has 7 heteroatoms. The molecule has 0 radical (unpaired) electrons. The summed E-state index contributed by atoms with van der Waals surface area (Å²) in [6.45, 7) is 6.68. The summed E-state index contributed by atoms with van der Waals surface area (Å²) in [6, 6.07) is 14.7. The average Bonchev–Trinajstić information content (AvgIpc) is 3.17. The molecule has 0 spiro atoms. The van der Waals surface area contributed by atoms with Gasteiger partial charge in [-0.2, -0.15) is 0 Å². The van der Waals surface area contributed by atoms with Crippen molar-refractivity contribution >= 4 is 28.9 Å². The number of esters is 1. The highest BCUT2D eigenvalue weighted by Gasteiger charge is 2.47. The van der Waals surface area contributed by atoms with Crippen LogP contribution in [-0.4, -0.2) is 41.7 Å². The Labute approximate surface area is 187 Å². The third-order valence-electron chi connectivity index (χ3n) is 5.87. The Morgan fingerprint density at radius 3 is 2.50 bits per heavy atom. The Morgan fingerprint density at radius 1 is 1.12 bits per heavy atom. The van der Waals surface area contributed by atoms with Crippen molar-refractivity contribution in [2.24, 2.45) is 11.8 Å². The van der Waals surface area contributed by atoms with E-state index in [1.165, 1.54) is 0 Å². The van der Waals surface area contributed by atoms with Crippen LogP contribution in [-0.2, 0) is 14.3 Å². The van der Waals surface area contributed by atoms with Crippen LogP contribution in [0.5, 0.6) is 5.75 Å². The van der Waals surface area contributed by atoms with Crippen LogP contribution in [0.15, 0.2) is 48.5 Å². The normalized spacial score (nSPS) is 18.2. The molecule has 32 heavy (non-hydrogen) atoms. The Bertz CT molecular complexity index is 1120. The van der Waals surface area contributed by atoms with E-state index in [-0.39, 0.29) is 12.5 Å². The van der Waals surface area contributed by atoms with E-state index in [0.717, 1.165) is 23.0 Å². The van der Waals surface area contributed by atoms with Gasteiger partial charge in [0.15, 0.2) is 5.92 Å². The van der Waals surface area contributed by atoms with Crippen molar-refractivity contribution in [2.75, 3.05) is 25.2 Å². The molecule has 3 aromatic rings. The number of carbonyl (C=O) groups is 2. The average molecular weight is 436 g/mol. The number of ether oxygens (including phenoxy) is 2. The van der Waals surface area contributed by atoms with Crippen molar-refractivity contribution in [3.8, 4) is 5.75 Å². The zero-order valence-electron chi connectivity index (χ0n) is 18.9. The number of methoxy groups -OCH3 is 1. The zero-order valence-corrected chi connectivity index (χ0v) is 18.9. The molecule has 0 saturated heterocycles. The number of aromatic nitrogens is 2. The number of anilines is 1. The van der Waals surface area contributed by atoms with Crippen molar-refractivity contribution in [3.05, 3.63) is 54.1 Å². The number of carbonyl (C=O) groups excluding carboxylic acids is 2. The number of hydrogen-bond acceptors (Lipinski definition) is 5. The van der Waals surface area contributed by atoms with Gasteiger partial charge in [0, 0.05) is 6.54 Å². The predicted molar refractivity (Wildman–Crippen MR) is 123 cm³/mol. The number of para-hydroxylation sites is 2.